The number of nitrogens with one attached hydrogen (secondary N) is 1. The number of nitrogens with zero attached hydrogens (tertiary/aromatic N) is 1. The Labute approximate surface area is 118 Å². The highest BCUT2D eigenvalue weighted by molar-refractivity contribution is 5.98. The fraction of sp³-hybridized carbons (Fsp3) is 0.467. The fourth-order valence-electron chi connectivity index (χ4n) is 1.93. The molecular formula is C15H20N2O3. The van der Waals surface area contributed by atoms with Crippen LogP contribution in [-0.4, -0.2) is 49.9 Å². The van der Waals surface area contributed by atoms with Crippen molar-refractivity contribution in [3.05, 3.63) is 29.8 Å². The van der Waals surface area contributed by atoms with Crippen molar-refractivity contribution in [2.24, 2.45) is 0 Å². The summed E-state index contributed by atoms with van der Waals surface area (Å²) in [4.78, 5) is 25.5. The zero-order chi connectivity index (χ0) is 14.5. The molecule has 2 rings (SSSR count). The Morgan fingerprint density at radius 3 is 2.75 bits per heavy atom. The number of hydrogen-bond acceptors (Lipinski definition) is 4. The van der Waals surface area contributed by atoms with Gasteiger partial charge in [-0.2, -0.15) is 0 Å². The molecule has 0 bridgehead atoms. The summed E-state index contributed by atoms with van der Waals surface area (Å²) in [6.45, 7) is 0.456. The summed E-state index contributed by atoms with van der Waals surface area (Å²) in [7, 11) is 3.34. The molecule has 0 unspecified atom stereocenters. The molecule has 5 nitrogen and oxygen atoms in total. The molecular weight excluding hydrogens is 256 g/mol. The second-order valence-electron chi connectivity index (χ2n) is 5.17. The minimum atomic E-state index is -0.0226. The molecule has 1 N–H and O–H groups in total. The predicted molar refractivity (Wildman–Crippen MR) is 76.0 cm³/mol. The highest BCUT2D eigenvalue weighted by Crippen LogP contribution is 2.18. The molecule has 0 spiro atoms. The van der Waals surface area contributed by atoms with Gasteiger partial charge in [0, 0.05) is 11.6 Å². The molecule has 0 radical (unpaired) electrons. The molecule has 1 amide bonds. The Kier molecular flexibility index (Phi) is 4.74. The van der Waals surface area contributed by atoms with Gasteiger partial charge in [-0.3, -0.25) is 14.5 Å². The highest BCUT2D eigenvalue weighted by atomic mass is 16.5. The monoisotopic (exact) mass is 276 g/mol. The van der Waals surface area contributed by atoms with Crippen LogP contribution >= 0.6 is 0 Å². The van der Waals surface area contributed by atoms with E-state index in [1.54, 1.807) is 43.3 Å². The smallest absolute Gasteiger partial charge is 0.234 e. The Hall–Kier alpha value is -1.88. The summed E-state index contributed by atoms with van der Waals surface area (Å²) in [5.41, 5.74) is 0.596. The summed E-state index contributed by atoms with van der Waals surface area (Å²) < 4.78 is 5.10. The topological polar surface area (TPSA) is 58.6 Å². The van der Waals surface area contributed by atoms with Crippen LogP contribution in [0.25, 0.3) is 0 Å². The lowest BCUT2D eigenvalue weighted by atomic mass is 10.1. The molecule has 0 aliphatic heterocycles. The Morgan fingerprint density at radius 1 is 1.35 bits per heavy atom. The maximum Gasteiger partial charge on any atom is 0.234 e. The van der Waals surface area contributed by atoms with Crippen LogP contribution in [-0.2, 0) is 4.79 Å². The standard InChI is InChI=1S/C15H20N2O3/c1-17(10-15(19)16-12-6-7-12)9-14(18)11-4-3-5-13(8-11)20-2/h3-5,8,12H,6-7,9-10H2,1-2H3,(H,16,19). The zero-order valence-corrected chi connectivity index (χ0v) is 11.9. The van der Waals surface area contributed by atoms with Crippen LogP contribution in [0.2, 0.25) is 0 Å². The third-order valence-electron chi connectivity index (χ3n) is 3.16. The van der Waals surface area contributed by atoms with E-state index in [1.165, 1.54) is 0 Å². The largest absolute Gasteiger partial charge is 0.497 e. The van der Waals surface area contributed by atoms with Gasteiger partial charge in [0.1, 0.15) is 5.75 Å². The van der Waals surface area contributed by atoms with Crippen molar-refractivity contribution in [2.45, 2.75) is 18.9 Å². The molecule has 1 aromatic carbocycles. The van der Waals surface area contributed by atoms with Crippen molar-refractivity contribution in [1.29, 1.82) is 0 Å². The van der Waals surface area contributed by atoms with Gasteiger partial charge in [-0.05, 0) is 32.0 Å². The van der Waals surface area contributed by atoms with Crippen LogP contribution in [0.1, 0.15) is 23.2 Å². The Bertz CT molecular complexity index is 498. The number of amides is 1. The lowest BCUT2D eigenvalue weighted by Crippen LogP contribution is -2.38. The first kappa shape index (κ1) is 14.5. The SMILES string of the molecule is COc1cccc(C(=O)CN(C)CC(=O)NC2CC2)c1. The van der Waals surface area contributed by atoms with Crippen molar-refractivity contribution in [1.82, 2.24) is 10.2 Å². The molecule has 108 valence electrons. The molecule has 0 atom stereocenters. The van der Waals surface area contributed by atoms with Gasteiger partial charge < -0.3 is 10.1 Å². The van der Waals surface area contributed by atoms with Crippen LogP contribution in [0.5, 0.6) is 5.75 Å². The highest BCUT2D eigenvalue weighted by Gasteiger charge is 2.23. The Balaban J connectivity index is 1.84. The predicted octanol–water partition coefficient (Wildman–Crippen LogP) is 1.09. The number of Topliss-reactive ketones (excluding diaryl/α,β-unsaturated/α-hetero) is 1. The zero-order valence-electron chi connectivity index (χ0n) is 11.9. The fourth-order valence-corrected chi connectivity index (χ4v) is 1.93. The summed E-state index contributed by atoms with van der Waals surface area (Å²) in [5.74, 6) is 0.615. The van der Waals surface area contributed by atoms with E-state index < -0.39 is 0 Å². The van der Waals surface area contributed by atoms with Gasteiger partial charge in [-0.1, -0.05) is 12.1 Å². The molecule has 0 saturated heterocycles. The molecule has 1 aliphatic carbocycles. The van der Waals surface area contributed by atoms with Gasteiger partial charge in [-0.25, -0.2) is 0 Å². The van der Waals surface area contributed by atoms with E-state index in [0.717, 1.165) is 12.8 Å². The first-order valence-electron chi connectivity index (χ1n) is 6.73. The third-order valence-corrected chi connectivity index (χ3v) is 3.16. The second-order valence-corrected chi connectivity index (χ2v) is 5.17. The number of ether oxygens (including phenoxy) is 1. The normalized spacial score (nSPS) is 14.2. The third kappa shape index (κ3) is 4.35. The summed E-state index contributed by atoms with van der Waals surface area (Å²) in [6, 6.07) is 7.39. The van der Waals surface area contributed by atoms with Gasteiger partial charge >= 0.3 is 0 Å². The van der Waals surface area contributed by atoms with Crippen molar-refractivity contribution in [3.63, 3.8) is 0 Å². The van der Waals surface area contributed by atoms with E-state index in [1.807, 2.05) is 0 Å². The Morgan fingerprint density at radius 2 is 2.10 bits per heavy atom. The summed E-state index contributed by atoms with van der Waals surface area (Å²) in [6.07, 6.45) is 2.14. The van der Waals surface area contributed by atoms with Crippen LogP contribution in [0.3, 0.4) is 0 Å². The van der Waals surface area contributed by atoms with Gasteiger partial charge in [0.2, 0.25) is 5.91 Å². The van der Waals surface area contributed by atoms with Crippen LogP contribution < -0.4 is 10.1 Å². The second kappa shape index (κ2) is 6.52. The molecule has 5 heteroatoms. The van der Waals surface area contributed by atoms with Gasteiger partial charge in [0.05, 0.1) is 20.2 Å². The number of methoxy groups -OCH3 is 1. The van der Waals surface area contributed by atoms with E-state index >= 15 is 0 Å². The molecule has 1 fully saturated rings. The van der Waals surface area contributed by atoms with Gasteiger partial charge in [-0.15, -0.1) is 0 Å². The number of ketones is 1. The van der Waals surface area contributed by atoms with Crippen LogP contribution in [0.15, 0.2) is 24.3 Å². The minimum absolute atomic E-state index is 0.0200. The average Bonchev–Trinajstić information content (AvgIpc) is 3.22. The molecule has 20 heavy (non-hydrogen) atoms. The number of hydrogen-bond donors (Lipinski definition) is 1. The lowest BCUT2D eigenvalue weighted by molar-refractivity contribution is -0.121. The molecule has 1 aliphatic rings. The van der Waals surface area contributed by atoms with E-state index in [9.17, 15) is 9.59 Å². The quantitative estimate of drug-likeness (QED) is 0.757. The van der Waals surface area contributed by atoms with E-state index in [2.05, 4.69) is 5.32 Å². The average molecular weight is 276 g/mol. The molecule has 1 aromatic rings. The van der Waals surface area contributed by atoms with Crippen LogP contribution in [0.4, 0.5) is 0 Å². The molecule has 1 saturated carbocycles. The van der Waals surface area contributed by atoms with Crippen LogP contribution in [0, 0.1) is 0 Å². The van der Waals surface area contributed by atoms with Crippen molar-refractivity contribution in [3.8, 4) is 5.75 Å². The number of carbonyl (C=O) groups excluding carboxylic acids is 2. The maximum atomic E-state index is 12.1. The number of benzene rings is 1. The number of likely N-dealkylation sites (N-methyl/N-ethyl adjacent to an activating group) is 1. The van der Waals surface area contributed by atoms with E-state index in [4.69, 9.17) is 4.74 Å². The maximum absolute atomic E-state index is 12.1. The van der Waals surface area contributed by atoms with E-state index in [0.29, 0.717) is 17.4 Å². The van der Waals surface area contributed by atoms with E-state index in [-0.39, 0.29) is 24.8 Å². The van der Waals surface area contributed by atoms with Crippen molar-refractivity contribution >= 4 is 11.7 Å². The van der Waals surface area contributed by atoms with Crippen molar-refractivity contribution < 1.29 is 14.3 Å². The number of carbonyl (C=O) groups is 2. The summed E-state index contributed by atoms with van der Waals surface area (Å²) in [5, 5.41) is 2.90. The first-order chi connectivity index (χ1) is 9.58. The molecule has 0 heterocycles. The number of rotatable bonds is 7. The van der Waals surface area contributed by atoms with Crippen molar-refractivity contribution in [2.75, 3.05) is 27.2 Å². The van der Waals surface area contributed by atoms with Gasteiger partial charge in [0.25, 0.3) is 0 Å². The molecule has 0 aromatic heterocycles. The summed E-state index contributed by atoms with van der Waals surface area (Å²) >= 11 is 0. The van der Waals surface area contributed by atoms with Gasteiger partial charge in [0.15, 0.2) is 5.78 Å². The minimum Gasteiger partial charge on any atom is -0.497 e. The first-order valence-corrected chi connectivity index (χ1v) is 6.73. The lowest BCUT2D eigenvalue weighted by Gasteiger charge is -2.15.